The van der Waals surface area contributed by atoms with Gasteiger partial charge in [-0.1, -0.05) is 35.9 Å². The quantitative estimate of drug-likeness (QED) is 0.577. The van der Waals surface area contributed by atoms with Crippen molar-refractivity contribution in [3.8, 4) is 0 Å². The number of aryl methyl sites for hydroxylation is 3. The van der Waals surface area contributed by atoms with Gasteiger partial charge in [0.25, 0.3) is 15.9 Å². The standard InChI is InChI=1S/C22H21ClN2O3S/c1-14-10-15(2)12-18(11-14)24-22(26)17-8-9-19(23)21(13-17)29(27,28)25-20-7-5-4-6-16(20)3/h4-13,25H,1-3H3,(H,24,26). The Bertz CT molecular complexity index is 1170. The molecule has 0 fully saturated rings. The zero-order chi connectivity index (χ0) is 21.2. The van der Waals surface area contributed by atoms with Crippen molar-refractivity contribution in [3.05, 3.63) is 87.9 Å². The van der Waals surface area contributed by atoms with Crippen LogP contribution in [0.4, 0.5) is 11.4 Å². The number of sulfonamides is 1. The van der Waals surface area contributed by atoms with Crippen molar-refractivity contribution < 1.29 is 13.2 Å². The van der Waals surface area contributed by atoms with Crippen molar-refractivity contribution in [3.63, 3.8) is 0 Å². The van der Waals surface area contributed by atoms with Crippen molar-refractivity contribution in [2.24, 2.45) is 0 Å². The predicted octanol–water partition coefficient (Wildman–Crippen LogP) is 5.32. The maximum absolute atomic E-state index is 12.9. The molecule has 0 heterocycles. The lowest BCUT2D eigenvalue weighted by molar-refractivity contribution is 0.102. The van der Waals surface area contributed by atoms with E-state index in [4.69, 9.17) is 11.6 Å². The molecular weight excluding hydrogens is 408 g/mol. The van der Waals surface area contributed by atoms with Crippen LogP contribution in [-0.2, 0) is 10.0 Å². The third-order valence-corrected chi connectivity index (χ3v) is 6.20. The molecule has 3 rings (SSSR count). The Balaban J connectivity index is 1.91. The maximum atomic E-state index is 12.9. The second-order valence-corrected chi connectivity index (χ2v) is 8.95. The minimum atomic E-state index is -3.97. The normalized spacial score (nSPS) is 11.2. The first-order chi connectivity index (χ1) is 13.7. The van der Waals surface area contributed by atoms with Crippen LogP contribution in [0.2, 0.25) is 5.02 Å². The van der Waals surface area contributed by atoms with E-state index < -0.39 is 15.9 Å². The van der Waals surface area contributed by atoms with Crippen LogP contribution in [-0.4, -0.2) is 14.3 Å². The molecule has 0 saturated heterocycles. The molecule has 3 aromatic carbocycles. The number of para-hydroxylation sites is 1. The summed E-state index contributed by atoms with van der Waals surface area (Å²) in [7, 11) is -3.97. The number of benzene rings is 3. The van der Waals surface area contributed by atoms with Gasteiger partial charge in [0, 0.05) is 11.3 Å². The highest BCUT2D eigenvalue weighted by molar-refractivity contribution is 7.92. The van der Waals surface area contributed by atoms with Gasteiger partial charge in [-0.2, -0.15) is 0 Å². The first kappa shape index (κ1) is 20.9. The molecule has 3 aromatic rings. The van der Waals surface area contributed by atoms with E-state index in [0.717, 1.165) is 16.7 Å². The first-order valence-corrected chi connectivity index (χ1v) is 10.8. The summed E-state index contributed by atoms with van der Waals surface area (Å²) in [5.41, 5.74) is 4.09. The van der Waals surface area contributed by atoms with Gasteiger partial charge in [-0.3, -0.25) is 9.52 Å². The van der Waals surface area contributed by atoms with Crippen LogP contribution in [0.5, 0.6) is 0 Å². The molecule has 150 valence electrons. The van der Waals surface area contributed by atoms with Gasteiger partial charge < -0.3 is 5.32 Å². The molecule has 0 atom stereocenters. The molecule has 0 aliphatic rings. The number of amides is 1. The lowest BCUT2D eigenvalue weighted by Gasteiger charge is -2.13. The van der Waals surface area contributed by atoms with Crippen LogP contribution >= 0.6 is 11.6 Å². The monoisotopic (exact) mass is 428 g/mol. The SMILES string of the molecule is Cc1cc(C)cc(NC(=O)c2ccc(Cl)c(S(=O)(=O)Nc3ccccc3C)c2)c1. The molecule has 1 amide bonds. The minimum absolute atomic E-state index is 0.0361. The minimum Gasteiger partial charge on any atom is -0.322 e. The van der Waals surface area contributed by atoms with E-state index in [1.165, 1.54) is 18.2 Å². The van der Waals surface area contributed by atoms with Gasteiger partial charge in [0.1, 0.15) is 4.90 Å². The van der Waals surface area contributed by atoms with Crippen LogP contribution in [0.15, 0.2) is 65.6 Å². The van der Waals surface area contributed by atoms with Crippen LogP contribution in [0, 0.1) is 20.8 Å². The van der Waals surface area contributed by atoms with Gasteiger partial charge in [-0.15, -0.1) is 0 Å². The van der Waals surface area contributed by atoms with Gasteiger partial charge in [0.15, 0.2) is 0 Å². The second kappa shape index (κ2) is 8.27. The summed E-state index contributed by atoms with van der Waals surface area (Å²) in [5.74, 6) is -0.418. The van der Waals surface area contributed by atoms with Crippen molar-refractivity contribution >= 4 is 38.9 Å². The Morgan fingerprint density at radius 3 is 2.21 bits per heavy atom. The summed E-state index contributed by atoms with van der Waals surface area (Å²) in [6.45, 7) is 5.67. The summed E-state index contributed by atoms with van der Waals surface area (Å²) in [6, 6.07) is 16.9. The van der Waals surface area contributed by atoms with Crippen LogP contribution in [0.1, 0.15) is 27.0 Å². The first-order valence-electron chi connectivity index (χ1n) is 8.93. The fraction of sp³-hybridized carbons (Fsp3) is 0.136. The van der Waals surface area contributed by atoms with Gasteiger partial charge in [-0.25, -0.2) is 8.42 Å². The van der Waals surface area contributed by atoms with E-state index in [2.05, 4.69) is 10.0 Å². The molecule has 5 nitrogen and oxygen atoms in total. The largest absolute Gasteiger partial charge is 0.322 e. The molecule has 0 aliphatic heterocycles. The van der Waals surface area contributed by atoms with E-state index in [0.29, 0.717) is 11.4 Å². The third-order valence-electron chi connectivity index (χ3n) is 4.35. The zero-order valence-corrected chi connectivity index (χ0v) is 17.9. The smallest absolute Gasteiger partial charge is 0.263 e. The number of nitrogens with one attached hydrogen (secondary N) is 2. The van der Waals surface area contributed by atoms with E-state index in [1.807, 2.05) is 38.1 Å². The highest BCUT2D eigenvalue weighted by atomic mass is 35.5. The van der Waals surface area contributed by atoms with Crippen LogP contribution in [0.3, 0.4) is 0 Å². The maximum Gasteiger partial charge on any atom is 0.263 e. The molecule has 0 bridgehead atoms. The molecule has 0 saturated carbocycles. The Morgan fingerprint density at radius 1 is 0.897 bits per heavy atom. The molecule has 0 aromatic heterocycles. The van der Waals surface area contributed by atoms with Crippen molar-refractivity contribution in [1.29, 1.82) is 0 Å². The highest BCUT2D eigenvalue weighted by Gasteiger charge is 2.21. The summed E-state index contributed by atoms with van der Waals surface area (Å²) < 4.78 is 28.3. The summed E-state index contributed by atoms with van der Waals surface area (Å²) >= 11 is 6.14. The summed E-state index contributed by atoms with van der Waals surface area (Å²) in [5, 5.41) is 2.84. The fourth-order valence-electron chi connectivity index (χ4n) is 2.99. The van der Waals surface area contributed by atoms with Crippen LogP contribution < -0.4 is 10.0 Å². The summed E-state index contributed by atoms with van der Waals surface area (Å²) in [6.07, 6.45) is 0. The Kier molecular flexibility index (Phi) is 5.96. The van der Waals surface area contributed by atoms with Gasteiger partial charge in [0.2, 0.25) is 0 Å². The number of anilines is 2. The lowest BCUT2D eigenvalue weighted by atomic mass is 10.1. The average Bonchev–Trinajstić information content (AvgIpc) is 2.62. The number of carbonyl (C=O) groups excluding carboxylic acids is 1. The molecule has 2 N–H and O–H groups in total. The van der Waals surface area contributed by atoms with E-state index in [1.54, 1.807) is 25.1 Å². The Morgan fingerprint density at radius 2 is 1.55 bits per heavy atom. The van der Waals surface area contributed by atoms with Gasteiger partial charge in [0.05, 0.1) is 10.7 Å². The highest BCUT2D eigenvalue weighted by Crippen LogP contribution is 2.26. The Hall–Kier alpha value is -2.83. The van der Waals surface area contributed by atoms with Crippen molar-refractivity contribution in [2.45, 2.75) is 25.7 Å². The van der Waals surface area contributed by atoms with Crippen LogP contribution in [0.25, 0.3) is 0 Å². The number of carbonyl (C=O) groups is 1. The number of rotatable bonds is 5. The number of hydrogen-bond donors (Lipinski definition) is 2. The third kappa shape index (κ3) is 4.96. The zero-order valence-electron chi connectivity index (χ0n) is 16.3. The molecule has 0 aliphatic carbocycles. The topological polar surface area (TPSA) is 75.3 Å². The van der Waals surface area contributed by atoms with Gasteiger partial charge in [-0.05, 0) is 73.9 Å². The number of hydrogen-bond acceptors (Lipinski definition) is 3. The van der Waals surface area contributed by atoms with Crippen molar-refractivity contribution in [1.82, 2.24) is 0 Å². The molecular formula is C22H21ClN2O3S. The molecule has 0 radical (unpaired) electrons. The number of halogens is 1. The van der Waals surface area contributed by atoms with E-state index in [9.17, 15) is 13.2 Å². The molecule has 29 heavy (non-hydrogen) atoms. The Labute approximate surface area is 175 Å². The van der Waals surface area contributed by atoms with E-state index in [-0.39, 0.29) is 15.5 Å². The van der Waals surface area contributed by atoms with Gasteiger partial charge >= 0.3 is 0 Å². The predicted molar refractivity (Wildman–Crippen MR) is 117 cm³/mol. The molecule has 0 unspecified atom stereocenters. The lowest BCUT2D eigenvalue weighted by Crippen LogP contribution is -2.17. The summed E-state index contributed by atoms with van der Waals surface area (Å²) in [4.78, 5) is 12.5. The average molecular weight is 429 g/mol. The second-order valence-electron chi connectivity index (χ2n) is 6.90. The molecule has 0 spiro atoms. The van der Waals surface area contributed by atoms with E-state index >= 15 is 0 Å². The molecule has 7 heteroatoms. The fourth-order valence-corrected chi connectivity index (χ4v) is 4.65. The van der Waals surface area contributed by atoms with Crippen molar-refractivity contribution in [2.75, 3.05) is 10.0 Å².